The molecule has 0 radical (unpaired) electrons. The fourth-order valence-electron chi connectivity index (χ4n) is 5.19. The number of pyridine rings is 1. The summed E-state index contributed by atoms with van der Waals surface area (Å²) < 4.78 is 68.2. The Morgan fingerprint density at radius 1 is 1.24 bits per heavy atom. The minimum Gasteiger partial charge on any atom is -0.345 e. The number of nitriles is 1. The molecule has 10 heteroatoms. The van der Waals surface area contributed by atoms with E-state index in [0.29, 0.717) is 16.5 Å². The van der Waals surface area contributed by atoms with E-state index in [4.69, 9.17) is 0 Å². The van der Waals surface area contributed by atoms with Crippen LogP contribution in [0.2, 0.25) is 0 Å². The summed E-state index contributed by atoms with van der Waals surface area (Å²) in [4.78, 5) is 17.3. The van der Waals surface area contributed by atoms with Crippen molar-refractivity contribution in [2.75, 3.05) is 13.1 Å². The van der Waals surface area contributed by atoms with Crippen molar-refractivity contribution in [3.05, 3.63) is 41.6 Å². The van der Waals surface area contributed by atoms with E-state index in [9.17, 15) is 32.0 Å². The van der Waals surface area contributed by atoms with E-state index in [1.807, 2.05) is 6.07 Å². The first kappa shape index (κ1) is 24.3. The van der Waals surface area contributed by atoms with Gasteiger partial charge in [0.1, 0.15) is 6.07 Å². The molecule has 2 aromatic rings. The molecule has 2 aliphatic rings. The van der Waals surface area contributed by atoms with Crippen molar-refractivity contribution in [2.45, 2.75) is 56.2 Å². The van der Waals surface area contributed by atoms with Crippen LogP contribution in [0.3, 0.4) is 0 Å². The number of carbonyl (C=O) groups excluding carboxylic acids is 1. The number of hydrogen-bond donors (Lipinski definition) is 2. The fourth-order valence-corrected chi connectivity index (χ4v) is 5.19. The number of carbonyl (C=O) groups is 1. The summed E-state index contributed by atoms with van der Waals surface area (Å²) >= 11 is 0. The number of halogens is 5. The summed E-state index contributed by atoms with van der Waals surface area (Å²) in [7, 11) is 0. The number of aromatic nitrogens is 1. The molecule has 0 spiro atoms. The number of alkyl halides is 5. The number of fused-ring (bicyclic) bond motifs is 1. The molecule has 0 unspecified atom stereocenters. The van der Waals surface area contributed by atoms with Crippen LogP contribution in [0.25, 0.3) is 10.9 Å². The smallest absolute Gasteiger partial charge is 0.345 e. The normalized spacial score (nSPS) is 25.6. The maximum atomic E-state index is 13.7. The number of nitrogens with one attached hydrogen (secondary N) is 2. The van der Waals surface area contributed by atoms with Crippen molar-refractivity contribution in [1.29, 1.82) is 5.26 Å². The second-order valence-corrected chi connectivity index (χ2v) is 9.38. The molecule has 2 N–H and O–H groups in total. The van der Waals surface area contributed by atoms with Gasteiger partial charge in [-0.05, 0) is 42.9 Å². The molecule has 182 valence electrons. The Bertz CT molecular complexity index is 1100. The van der Waals surface area contributed by atoms with Crippen molar-refractivity contribution in [2.24, 2.45) is 11.8 Å². The van der Waals surface area contributed by atoms with Gasteiger partial charge in [0, 0.05) is 43.9 Å². The van der Waals surface area contributed by atoms with Gasteiger partial charge < -0.3 is 10.6 Å². The van der Waals surface area contributed by atoms with Crippen LogP contribution in [0.5, 0.6) is 0 Å². The summed E-state index contributed by atoms with van der Waals surface area (Å²) in [6.07, 6.45) is -3.58. The highest BCUT2D eigenvalue weighted by Gasteiger charge is 2.50. The number of hydrogen-bond acceptors (Lipinski definition) is 4. The van der Waals surface area contributed by atoms with Crippen molar-refractivity contribution in [3.63, 3.8) is 0 Å². The van der Waals surface area contributed by atoms with E-state index in [2.05, 4.69) is 15.6 Å². The van der Waals surface area contributed by atoms with Crippen molar-refractivity contribution in [1.82, 2.24) is 15.6 Å². The Hall–Kier alpha value is -2.80. The topological polar surface area (TPSA) is 77.8 Å². The third-order valence-electron chi connectivity index (χ3n) is 6.97. The molecule has 2 heterocycles. The highest BCUT2D eigenvalue weighted by molar-refractivity contribution is 5.89. The van der Waals surface area contributed by atoms with Gasteiger partial charge in [-0.25, -0.2) is 8.78 Å². The standard InChI is InChI=1S/C24H25F5N4O/c25-23(26)7-5-15(6-8-23)10-20(34)33-22(11-17(13-31-14-22)24(27,28)29)19-4-3-16(12-30)21-18(19)2-1-9-32-21/h1-4,9,15,17,31H,5-8,10-11,13-14H2,(H,33,34)/t17-,22-/m0/s1. The first-order valence-electron chi connectivity index (χ1n) is 11.3. The molecular weight excluding hydrogens is 455 g/mol. The van der Waals surface area contributed by atoms with Gasteiger partial charge in [-0.3, -0.25) is 9.78 Å². The quantitative estimate of drug-likeness (QED) is 0.616. The van der Waals surface area contributed by atoms with Gasteiger partial charge in [-0.1, -0.05) is 12.1 Å². The summed E-state index contributed by atoms with van der Waals surface area (Å²) in [5.41, 5.74) is -0.330. The number of amides is 1. The highest BCUT2D eigenvalue weighted by atomic mass is 19.4. The number of benzene rings is 1. The second-order valence-electron chi connectivity index (χ2n) is 9.38. The molecule has 1 saturated carbocycles. The van der Waals surface area contributed by atoms with Crippen LogP contribution in [0.15, 0.2) is 30.5 Å². The Morgan fingerprint density at radius 2 is 1.97 bits per heavy atom. The number of piperidine rings is 1. The van der Waals surface area contributed by atoms with E-state index in [0.717, 1.165) is 0 Å². The summed E-state index contributed by atoms with van der Waals surface area (Å²) in [6, 6.07) is 8.41. The summed E-state index contributed by atoms with van der Waals surface area (Å²) in [6.45, 7) is -0.213. The molecule has 34 heavy (non-hydrogen) atoms. The van der Waals surface area contributed by atoms with Gasteiger partial charge in [0.15, 0.2) is 0 Å². The molecular formula is C24H25F5N4O. The van der Waals surface area contributed by atoms with Gasteiger partial charge in [0.25, 0.3) is 0 Å². The molecule has 2 atom stereocenters. The van der Waals surface area contributed by atoms with E-state index in [1.54, 1.807) is 18.2 Å². The predicted molar refractivity (Wildman–Crippen MR) is 115 cm³/mol. The van der Waals surface area contributed by atoms with E-state index in [1.165, 1.54) is 12.3 Å². The van der Waals surface area contributed by atoms with Crippen LogP contribution in [0.4, 0.5) is 22.0 Å². The molecule has 2 fully saturated rings. The van der Waals surface area contributed by atoms with Gasteiger partial charge in [0.2, 0.25) is 11.8 Å². The first-order valence-corrected chi connectivity index (χ1v) is 11.3. The lowest BCUT2D eigenvalue weighted by Crippen LogP contribution is -2.59. The first-order chi connectivity index (χ1) is 16.0. The molecule has 1 amide bonds. The SMILES string of the molecule is N#Cc1ccc([C@@]2(NC(=O)CC3CCC(F)(F)CC3)CNC[C@@H](C(F)(F)F)C2)c2cccnc12. The molecule has 1 aromatic heterocycles. The van der Waals surface area contributed by atoms with Crippen molar-refractivity contribution < 1.29 is 26.7 Å². The second kappa shape index (κ2) is 9.10. The maximum Gasteiger partial charge on any atom is 0.393 e. The summed E-state index contributed by atoms with van der Waals surface area (Å²) in [5.74, 6) is -5.14. The third kappa shape index (κ3) is 4.99. The van der Waals surface area contributed by atoms with Crippen LogP contribution >= 0.6 is 0 Å². The molecule has 1 aliphatic heterocycles. The van der Waals surface area contributed by atoms with Crippen molar-refractivity contribution >= 4 is 16.8 Å². The number of nitrogens with zero attached hydrogens (tertiary/aromatic N) is 2. The molecule has 1 aromatic carbocycles. The zero-order valence-electron chi connectivity index (χ0n) is 18.4. The maximum absolute atomic E-state index is 13.7. The van der Waals surface area contributed by atoms with Crippen LogP contribution in [0.1, 0.15) is 49.7 Å². The highest BCUT2D eigenvalue weighted by Crippen LogP contribution is 2.42. The Balaban J connectivity index is 1.69. The zero-order valence-corrected chi connectivity index (χ0v) is 18.4. The van der Waals surface area contributed by atoms with Gasteiger partial charge in [0.05, 0.1) is 22.5 Å². The van der Waals surface area contributed by atoms with Crippen LogP contribution in [-0.2, 0) is 10.3 Å². The minimum absolute atomic E-state index is 0.0268. The predicted octanol–water partition coefficient (Wildman–Crippen LogP) is 4.81. The molecule has 4 rings (SSSR count). The third-order valence-corrected chi connectivity index (χ3v) is 6.97. The largest absolute Gasteiger partial charge is 0.393 e. The lowest BCUT2D eigenvalue weighted by atomic mass is 9.76. The van der Waals surface area contributed by atoms with Crippen molar-refractivity contribution in [3.8, 4) is 6.07 Å². The van der Waals surface area contributed by atoms with E-state index < -0.39 is 29.5 Å². The van der Waals surface area contributed by atoms with Crippen LogP contribution < -0.4 is 10.6 Å². The number of rotatable bonds is 4. The van der Waals surface area contributed by atoms with Gasteiger partial charge in [-0.2, -0.15) is 18.4 Å². The lowest BCUT2D eigenvalue weighted by molar-refractivity contribution is -0.185. The molecule has 1 saturated heterocycles. The zero-order chi connectivity index (χ0) is 24.6. The average Bonchev–Trinajstić information content (AvgIpc) is 2.79. The monoisotopic (exact) mass is 480 g/mol. The van der Waals surface area contributed by atoms with Crippen LogP contribution in [-0.4, -0.2) is 36.1 Å². The van der Waals surface area contributed by atoms with Gasteiger partial charge >= 0.3 is 6.18 Å². The Morgan fingerprint density at radius 3 is 2.65 bits per heavy atom. The van der Waals surface area contributed by atoms with Gasteiger partial charge in [-0.15, -0.1) is 0 Å². The molecule has 1 aliphatic carbocycles. The fraction of sp³-hybridized carbons (Fsp3) is 0.542. The van der Waals surface area contributed by atoms with Crippen LogP contribution in [0, 0.1) is 23.2 Å². The Kier molecular flexibility index (Phi) is 6.51. The molecule has 5 nitrogen and oxygen atoms in total. The average molecular weight is 480 g/mol. The lowest BCUT2D eigenvalue weighted by Gasteiger charge is -2.43. The molecule has 0 bridgehead atoms. The Labute approximate surface area is 193 Å². The summed E-state index contributed by atoms with van der Waals surface area (Å²) in [5, 5.41) is 15.6. The minimum atomic E-state index is -4.47. The van der Waals surface area contributed by atoms with E-state index in [-0.39, 0.29) is 63.1 Å². The van der Waals surface area contributed by atoms with E-state index >= 15 is 0 Å².